The van der Waals surface area contributed by atoms with Gasteiger partial charge in [-0.2, -0.15) is 0 Å². The monoisotopic (exact) mass is 332 g/mol. The predicted molar refractivity (Wildman–Crippen MR) is 90.1 cm³/mol. The van der Waals surface area contributed by atoms with E-state index in [0.717, 1.165) is 5.56 Å². The van der Waals surface area contributed by atoms with E-state index in [2.05, 4.69) is 10.6 Å². The highest BCUT2D eigenvalue weighted by Gasteiger charge is 2.11. The lowest BCUT2D eigenvalue weighted by atomic mass is 10.2. The molecule has 120 valence electrons. The van der Waals surface area contributed by atoms with Crippen LogP contribution in [-0.4, -0.2) is 25.5 Å². The standard InChI is InChI=1S/C17H17ClN2O3/c1-11-8-15(23-2)13(18)9-14(11)20-16(21)10-19-17(22)12-6-4-3-5-7-12/h3-9H,10H2,1-2H3,(H,19,22)(H,20,21). The second-order valence-electron chi connectivity index (χ2n) is 4.90. The van der Waals surface area contributed by atoms with Crippen molar-refractivity contribution < 1.29 is 14.3 Å². The lowest BCUT2D eigenvalue weighted by Gasteiger charge is -2.12. The van der Waals surface area contributed by atoms with Gasteiger partial charge in [-0.1, -0.05) is 29.8 Å². The van der Waals surface area contributed by atoms with Crippen molar-refractivity contribution in [2.24, 2.45) is 0 Å². The van der Waals surface area contributed by atoms with E-state index in [-0.39, 0.29) is 18.4 Å². The van der Waals surface area contributed by atoms with E-state index in [4.69, 9.17) is 16.3 Å². The number of amides is 2. The van der Waals surface area contributed by atoms with Crippen LogP contribution in [0, 0.1) is 6.92 Å². The molecule has 0 fully saturated rings. The highest BCUT2D eigenvalue weighted by Crippen LogP contribution is 2.30. The molecule has 2 rings (SSSR count). The van der Waals surface area contributed by atoms with E-state index in [9.17, 15) is 9.59 Å². The van der Waals surface area contributed by atoms with E-state index in [1.165, 1.54) is 7.11 Å². The van der Waals surface area contributed by atoms with Crippen molar-refractivity contribution in [1.29, 1.82) is 0 Å². The molecule has 0 bridgehead atoms. The molecule has 0 aromatic heterocycles. The normalized spacial score (nSPS) is 10.0. The summed E-state index contributed by atoms with van der Waals surface area (Å²) in [4.78, 5) is 23.8. The summed E-state index contributed by atoms with van der Waals surface area (Å²) in [6.07, 6.45) is 0. The fraction of sp³-hybridized carbons (Fsp3) is 0.176. The minimum Gasteiger partial charge on any atom is -0.495 e. The van der Waals surface area contributed by atoms with Crippen molar-refractivity contribution in [3.8, 4) is 5.75 Å². The highest BCUT2D eigenvalue weighted by molar-refractivity contribution is 6.32. The lowest BCUT2D eigenvalue weighted by molar-refractivity contribution is -0.115. The van der Waals surface area contributed by atoms with E-state index < -0.39 is 0 Å². The first-order valence-corrected chi connectivity index (χ1v) is 7.36. The largest absolute Gasteiger partial charge is 0.495 e. The van der Waals surface area contributed by atoms with Crippen LogP contribution >= 0.6 is 11.6 Å². The molecule has 0 saturated heterocycles. The number of hydrogen-bond donors (Lipinski definition) is 2. The van der Waals surface area contributed by atoms with Gasteiger partial charge in [-0.05, 0) is 36.8 Å². The Hall–Kier alpha value is -2.53. The Labute approximate surface area is 139 Å². The first-order chi connectivity index (χ1) is 11.0. The smallest absolute Gasteiger partial charge is 0.251 e. The van der Waals surface area contributed by atoms with Crippen LogP contribution in [0.5, 0.6) is 5.75 Å². The van der Waals surface area contributed by atoms with Gasteiger partial charge in [-0.15, -0.1) is 0 Å². The third-order valence-corrected chi connectivity index (χ3v) is 3.51. The number of halogens is 1. The maximum atomic E-state index is 12.0. The van der Waals surface area contributed by atoms with Crippen molar-refractivity contribution in [1.82, 2.24) is 5.32 Å². The number of benzene rings is 2. The number of carbonyl (C=O) groups is 2. The van der Waals surface area contributed by atoms with Crippen molar-refractivity contribution >= 4 is 29.1 Å². The maximum absolute atomic E-state index is 12.0. The molecule has 0 aliphatic rings. The molecule has 0 radical (unpaired) electrons. The minimum atomic E-state index is -0.335. The van der Waals surface area contributed by atoms with Crippen LogP contribution in [0.25, 0.3) is 0 Å². The van der Waals surface area contributed by atoms with Crippen molar-refractivity contribution in [3.63, 3.8) is 0 Å². The quantitative estimate of drug-likeness (QED) is 0.884. The number of methoxy groups -OCH3 is 1. The second kappa shape index (κ2) is 7.65. The Kier molecular flexibility index (Phi) is 5.60. The van der Waals surface area contributed by atoms with Gasteiger partial charge in [0, 0.05) is 11.3 Å². The van der Waals surface area contributed by atoms with E-state index >= 15 is 0 Å². The summed E-state index contributed by atoms with van der Waals surface area (Å²) in [6.45, 7) is 1.70. The molecule has 0 heterocycles. The van der Waals surface area contributed by atoms with Gasteiger partial charge in [0.2, 0.25) is 5.91 Å². The zero-order valence-corrected chi connectivity index (χ0v) is 13.6. The van der Waals surface area contributed by atoms with Gasteiger partial charge in [0.1, 0.15) is 5.75 Å². The highest BCUT2D eigenvalue weighted by atomic mass is 35.5. The van der Waals surface area contributed by atoms with Gasteiger partial charge in [0.15, 0.2) is 0 Å². The molecule has 0 aliphatic heterocycles. The Morgan fingerprint density at radius 1 is 1.17 bits per heavy atom. The SMILES string of the molecule is COc1cc(C)c(NC(=O)CNC(=O)c2ccccc2)cc1Cl. The number of ether oxygens (including phenoxy) is 1. The number of rotatable bonds is 5. The molecule has 2 amide bonds. The van der Waals surface area contributed by atoms with Crippen LogP contribution < -0.4 is 15.4 Å². The average molecular weight is 333 g/mol. The Balaban J connectivity index is 1.95. The minimum absolute atomic E-state index is 0.128. The topological polar surface area (TPSA) is 67.4 Å². The third kappa shape index (κ3) is 4.47. The summed E-state index contributed by atoms with van der Waals surface area (Å²) in [6, 6.07) is 12.1. The van der Waals surface area contributed by atoms with Crippen LogP contribution in [0.4, 0.5) is 5.69 Å². The first-order valence-electron chi connectivity index (χ1n) is 6.98. The molecule has 0 unspecified atom stereocenters. The molecule has 2 aromatic carbocycles. The Bertz CT molecular complexity index is 717. The number of carbonyl (C=O) groups excluding carboxylic acids is 2. The van der Waals surface area contributed by atoms with E-state index in [1.54, 1.807) is 36.4 Å². The van der Waals surface area contributed by atoms with Crippen molar-refractivity contribution in [2.75, 3.05) is 19.0 Å². The zero-order valence-electron chi connectivity index (χ0n) is 12.9. The Morgan fingerprint density at radius 2 is 1.87 bits per heavy atom. The zero-order chi connectivity index (χ0) is 16.8. The lowest BCUT2D eigenvalue weighted by Crippen LogP contribution is -2.32. The van der Waals surface area contributed by atoms with Crippen LogP contribution in [-0.2, 0) is 4.79 Å². The van der Waals surface area contributed by atoms with Crippen LogP contribution in [0.1, 0.15) is 15.9 Å². The molecule has 6 heteroatoms. The molecule has 23 heavy (non-hydrogen) atoms. The first kappa shape index (κ1) is 16.8. The van der Waals surface area contributed by atoms with Gasteiger partial charge >= 0.3 is 0 Å². The molecular weight excluding hydrogens is 316 g/mol. The summed E-state index contributed by atoms with van der Waals surface area (Å²) in [5, 5.41) is 5.69. The fourth-order valence-electron chi connectivity index (χ4n) is 1.99. The van der Waals surface area contributed by atoms with Crippen molar-refractivity contribution in [3.05, 3.63) is 58.6 Å². The number of aryl methyl sites for hydroxylation is 1. The summed E-state index contributed by atoms with van der Waals surface area (Å²) in [5.74, 6) is -0.0941. The Morgan fingerprint density at radius 3 is 2.52 bits per heavy atom. The average Bonchev–Trinajstić information content (AvgIpc) is 2.56. The van der Waals surface area contributed by atoms with Crippen LogP contribution in [0.15, 0.2) is 42.5 Å². The summed E-state index contributed by atoms with van der Waals surface area (Å²) in [5.41, 5.74) is 1.90. The molecule has 0 spiro atoms. The van der Waals surface area contributed by atoms with Gasteiger partial charge in [-0.3, -0.25) is 9.59 Å². The molecule has 0 aliphatic carbocycles. The molecule has 2 N–H and O–H groups in total. The molecule has 0 atom stereocenters. The van der Waals surface area contributed by atoms with Crippen LogP contribution in [0.2, 0.25) is 5.02 Å². The van der Waals surface area contributed by atoms with Gasteiger partial charge < -0.3 is 15.4 Å². The third-order valence-electron chi connectivity index (χ3n) is 3.22. The molecular formula is C17H17ClN2O3. The number of nitrogens with one attached hydrogen (secondary N) is 2. The van der Waals surface area contributed by atoms with Gasteiger partial charge in [0.05, 0.1) is 18.7 Å². The van der Waals surface area contributed by atoms with E-state index in [0.29, 0.717) is 22.0 Å². The maximum Gasteiger partial charge on any atom is 0.251 e. The van der Waals surface area contributed by atoms with Crippen LogP contribution in [0.3, 0.4) is 0 Å². The molecule has 5 nitrogen and oxygen atoms in total. The van der Waals surface area contributed by atoms with E-state index in [1.807, 2.05) is 13.0 Å². The van der Waals surface area contributed by atoms with Crippen molar-refractivity contribution in [2.45, 2.75) is 6.92 Å². The second-order valence-corrected chi connectivity index (χ2v) is 5.31. The number of hydrogen-bond acceptors (Lipinski definition) is 3. The predicted octanol–water partition coefficient (Wildman–Crippen LogP) is 3.03. The summed E-state index contributed by atoms with van der Waals surface area (Å²) < 4.78 is 5.11. The molecule has 2 aromatic rings. The molecule has 0 saturated carbocycles. The number of anilines is 1. The van der Waals surface area contributed by atoms with Gasteiger partial charge in [-0.25, -0.2) is 0 Å². The fourth-order valence-corrected chi connectivity index (χ4v) is 2.23. The van der Waals surface area contributed by atoms with Gasteiger partial charge in [0.25, 0.3) is 5.91 Å². The summed E-state index contributed by atoms with van der Waals surface area (Å²) >= 11 is 6.05. The summed E-state index contributed by atoms with van der Waals surface area (Å²) in [7, 11) is 1.53.